The van der Waals surface area contributed by atoms with Gasteiger partial charge in [-0.1, -0.05) is 18.2 Å². The van der Waals surface area contributed by atoms with Crippen molar-refractivity contribution in [1.82, 2.24) is 0 Å². The lowest BCUT2D eigenvalue weighted by Crippen LogP contribution is -2.30. The second-order valence-electron chi connectivity index (χ2n) is 5.13. The highest BCUT2D eigenvalue weighted by Gasteiger charge is 2.22. The molecule has 0 aromatic heterocycles. The lowest BCUT2D eigenvalue weighted by Gasteiger charge is -2.21. The molecule has 1 amide bonds. The van der Waals surface area contributed by atoms with Crippen LogP contribution in [0.5, 0.6) is 0 Å². The van der Waals surface area contributed by atoms with Gasteiger partial charge in [-0.15, -0.1) is 0 Å². The zero-order valence-electron chi connectivity index (χ0n) is 13.2. The lowest BCUT2D eigenvalue weighted by atomic mass is 10.1. The summed E-state index contributed by atoms with van der Waals surface area (Å²) >= 11 is 0. The van der Waals surface area contributed by atoms with Gasteiger partial charge < -0.3 is 4.90 Å². The van der Waals surface area contributed by atoms with Crippen LogP contribution in [0.25, 0.3) is 0 Å². The number of carbonyl (C=O) groups is 1. The Morgan fingerprint density at radius 1 is 1.17 bits per heavy atom. The second-order valence-corrected chi connectivity index (χ2v) is 7.15. The molecule has 0 saturated carbocycles. The van der Waals surface area contributed by atoms with E-state index in [1.54, 1.807) is 37.3 Å². The molecule has 0 saturated heterocycles. The number of sulfone groups is 1. The first-order valence-electron chi connectivity index (χ1n) is 7.10. The van der Waals surface area contributed by atoms with Crippen LogP contribution in [0.3, 0.4) is 0 Å². The number of rotatable bonds is 5. The van der Waals surface area contributed by atoms with Crippen molar-refractivity contribution in [2.45, 2.75) is 11.8 Å². The zero-order valence-corrected chi connectivity index (χ0v) is 14.0. The van der Waals surface area contributed by atoms with Gasteiger partial charge in [-0.25, -0.2) is 8.42 Å². The van der Waals surface area contributed by atoms with Crippen LogP contribution in [-0.2, 0) is 9.84 Å². The smallest absolute Gasteiger partial charge is 0.271 e. The van der Waals surface area contributed by atoms with E-state index < -0.39 is 26.4 Å². The summed E-state index contributed by atoms with van der Waals surface area (Å²) in [5, 5.41) is 11.1. The first kappa shape index (κ1) is 17.6. The topological polar surface area (TPSA) is 97.6 Å². The van der Waals surface area contributed by atoms with Crippen LogP contribution in [0.4, 0.5) is 11.4 Å². The van der Waals surface area contributed by atoms with Crippen LogP contribution >= 0.6 is 0 Å². The largest absolute Gasteiger partial charge is 0.309 e. The quantitative estimate of drug-likeness (QED) is 0.611. The SMILES string of the molecule is CCN(C(=O)c1cc([N+](=O)[O-])cc(S(C)(=O)=O)c1)c1ccccc1. The zero-order chi connectivity index (χ0) is 17.9. The van der Waals surface area contributed by atoms with E-state index in [-0.39, 0.29) is 10.5 Å². The highest BCUT2D eigenvalue weighted by molar-refractivity contribution is 7.90. The Hall–Kier alpha value is -2.74. The third-order valence-corrected chi connectivity index (χ3v) is 4.50. The summed E-state index contributed by atoms with van der Waals surface area (Å²) in [7, 11) is -3.69. The fourth-order valence-electron chi connectivity index (χ4n) is 2.23. The van der Waals surface area contributed by atoms with Crippen molar-refractivity contribution in [3.05, 3.63) is 64.2 Å². The Bertz CT molecular complexity index is 879. The molecule has 0 aliphatic carbocycles. The number of amides is 1. The molecular weight excluding hydrogens is 332 g/mol. The van der Waals surface area contributed by atoms with E-state index in [4.69, 9.17) is 0 Å². The molecule has 0 spiro atoms. The molecule has 0 atom stereocenters. The number of non-ortho nitro benzene ring substituents is 1. The summed E-state index contributed by atoms with van der Waals surface area (Å²) in [6.07, 6.45) is 0.940. The summed E-state index contributed by atoms with van der Waals surface area (Å²) in [6, 6.07) is 12.0. The first-order valence-corrected chi connectivity index (χ1v) is 8.99. The minimum Gasteiger partial charge on any atom is -0.309 e. The number of nitrogens with zero attached hydrogens (tertiary/aromatic N) is 2. The van der Waals surface area contributed by atoms with E-state index in [1.165, 1.54) is 4.90 Å². The number of benzene rings is 2. The molecule has 0 heterocycles. The molecule has 0 N–H and O–H groups in total. The van der Waals surface area contributed by atoms with Gasteiger partial charge in [-0.05, 0) is 25.1 Å². The Kier molecular flexibility index (Phi) is 4.99. The molecule has 0 fully saturated rings. The van der Waals surface area contributed by atoms with Gasteiger partial charge in [0.15, 0.2) is 9.84 Å². The van der Waals surface area contributed by atoms with Crippen molar-refractivity contribution in [1.29, 1.82) is 0 Å². The average molecular weight is 348 g/mol. The van der Waals surface area contributed by atoms with Gasteiger partial charge >= 0.3 is 0 Å². The van der Waals surface area contributed by atoms with Gasteiger partial charge in [0.25, 0.3) is 11.6 Å². The van der Waals surface area contributed by atoms with Crippen molar-refractivity contribution in [3.63, 3.8) is 0 Å². The summed E-state index contributed by atoms with van der Waals surface area (Å²) in [6.45, 7) is 2.10. The average Bonchev–Trinajstić information content (AvgIpc) is 2.55. The van der Waals surface area contributed by atoms with Gasteiger partial charge in [0.1, 0.15) is 0 Å². The van der Waals surface area contributed by atoms with Crippen LogP contribution < -0.4 is 4.90 Å². The molecule has 7 nitrogen and oxygen atoms in total. The van der Waals surface area contributed by atoms with Gasteiger partial charge in [0.2, 0.25) is 0 Å². The molecule has 8 heteroatoms. The van der Waals surface area contributed by atoms with Crippen molar-refractivity contribution >= 4 is 27.1 Å². The van der Waals surface area contributed by atoms with E-state index in [0.717, 1.165) is 24.5 Å². The first-order chi connectivity index (χ1) is 11.2. The number of nitro groups is 1. The molecule has 2 rings (SSSR count). The molecule has 126 valence electrons. The highest BCUT2D eigenvalue weighted by Crippen LogP contribution is 2.24. The van der Waals surface area contributed by atoms with Crippen molar-refractivity contribution < 1.29 is 18.1 Å². The highest BCUT2D eigenvalue weighted by atomic mass is 32.2. The molecule has 2 aromatic carbocycles. The fraction of sp³-hybridized carbons (Fsp3) is 0.188. The monoisotopic (exact) mass is 348 g/mol. The van der Waals surface area contributed by atoms with Crippen LogP contribution in [-0.4, -0.2) is 32.0 Å². The van der Waals surface area contributed by atoms with E-state index in [0.29, 0.717) is 12.2 Å². The van der Waals surface area contributed by atoms with Crippen molar-refractivity contribution in [2.75, 3.05) is 17.7 Å². The molecular formula is C16H16N2O5S. The van der Waals surface area contributed by atoms with Gasteiger partial charge in [-0.3, -0.25) is 14.9 Å². The Morgan fingerprint density at radius 2 is 1.79 bits per heavy atom. The minimum absolute atomic E-state index is 0.0460. The maximum Gasteiger partial charge on any atom is 0.271 e. The summed E-state index contributed by atoms with van der Waals surface area (Å²) in [5.41, 5.74) is 0.137. The summed E-state index contributed by atoms with van der Waals surface area (Å²) in [5.74, 6) is -0.503. The third kappa shape index (κ3) is 3.77. The summed E-state index contributed by atoms with van der Waals surface area (Å²) in [4.78, 5) is 24.2. The number of hydrogen-bond acceptors (Lipinski definition) is 5. The van der Waals surface area contributed by atoms with Crippen LogP contribution in [0.2, 0.25) is 0 Å². The maximum atomic E-state index is 12.7. The van der Waals surface area contributed by atoms with Crippen LogP contribution in [0, 0.1) is 10.1 Å². The van der Waals surface area contributed by atoms with Gasteiger partial charge in [0, 0.05) is 36.2 Å². The van der Waals surface area contributed by atoms with Crippen LogP contribution in [0.1, 0.15) is 17.3 Å². The van der Waals surface area contributed by atoms with E-state index in [2.05, 4.69) is 0 Å². The number of anilines is 1. The molecule has 0 aliphatic heterocycles. The third-order valence-electron chi connectivity index (χ3n) is 3.41. The predicted molar refractivity (Wildman–Crippen MR) is 90.0 cm³/mol. The number of carbonyl (C=O) groups excluding carboxylic acids is 1. The number of nitro benzene ring substituents is 1. The standard InChI is InChI=1S/C16H16N2O5S/c1-3-17(13-7-5-4-6-8-13)16(19)12-9-14(18(20)21)11-15(10-12)24(2,22)23/h4-11H,3H2,1-2H3. The molecule has 24 heavy (non-hydrogen) atoms. The molecule has 2 aromatic rings. The Labute approximate surface area is 139 Å². The van der Waals surface area contributed by atoms with Gasteiger partial charge in [-0.2, -0.15) is 0 Å². The van der Waals surface area contributed by atoms with Crippen LogP contribution in [0.15, 0.2) is 53.4 Å². The van der Waals surface area contributed by atoms with E-state index in [9.17, 15) is 23.3 Å². The van der Waals surface area contributed by atoms with E-state index >= 15 is 0 Å². The van der Waals surface area contributed by atoms with Gasteiger partial charge in [0.05, 0.1) is 9.82 Å². The fourth-order valence-corrected chi connectivity index (χ4v) is 2.91. The molecule has 0 radical (unpaired) electrons. The van der Waals surface area contributed by atoms with E-state index in [1.807, 2.05) is 0 Å². The molecule has 0 aliphatic rings. The Balaban J connectivity index is 2.56. The number of para-hydroxylation sites is 1. The van der Waals surface area contributed by atoms with Crippen molar-refractivity contribution in [2.24, 2.45) is 0 Å². The lowest BCUT2D eigenvalue weighted by molar-refractivity contribution is -0.385. The maximum absolute atomic E-state index is 12.7. The minimum atomic E-state index is -3.69. The predicted octanol–water partition coefficient (Wildman–Crippen LogP) is 2.67. The second kappa shape index (κ2) is 6.79. The normalized spacial score (nSPS) is 11.1. The van der Waals surface area contributed by atoms with Crippen molar-refractivity contribution in [3.8, 4) is 0 Å². The number of hydrogen-bond donors (Lipinski definition) is 0. The Morgan fingerprint density at radius 3 is 2.29 bits per heavy atom. The molecule has 0 unspecified atom stereocenters. The molecule has 0 bridgehead atoms. The summed E-state index contributed by atoms with van der Waals surface area (Å²) < 4.78 is 23.5.